The molecule has 1 amide bonds. The van der Waals surface area contributed by atoms with Gasteiger partial charge in [0.2, 0.25) is 5.91 Å². The molecule has 0 spiro atoms. The summed E-state index contributed by atoms with van der Waals surface area (Å²) in [5, 5.41) is 12.5. The van der Waals surface area contributed by atoms with E-state index in [1.165, 1.54) is 24.3 Å². The largest absolute Gasteiger partial charge is 0.478 e. The van der Waals surface area contributed by atoms with E-state index < -0.39 is 11.9 Å². The lowest BCUT2D eigenvalue weighted by Gasteiger charge is -2.06. The van der Waals surface area contributed by atoms with Gasteiger partial charge in [0.05, 0.1) is 11.3 Å². The highest BCUT2D eigenvalue weighted by Crippen LogP contribution is 2.21. The van der Waals surface area contributed by atoms with Crippen molar-refractivity contribution in [3.63, 3.8) is 0 Å². The van der Waals surface area contributed by atoms with Crippen molar-refractivity contribution in [2.75, 3.05) is 5.32 Å². The van der Waals surface area contributed by atoms with Crippen LogP contribution in [0.4, 0.5) is 5.69 Å². The van der Waals surface area contributed by atoms with E-state index in [0.717, 1.165) is 5.56 Å². The lowest BCUT2D eigenvalue weighted by molar-refractivity contribution is -0.111. The van der Waals surface area contributed by atoms with Gasteiger partial charge in [-0.3, -0.25) is 4.79 Å². The van der Waals surface area contributed by atoms with Gasteiger partial charge >= 0.3 is 5.97 Å². The molecule has 22 heavy (non-hydrogen) atoms. The molecule has 0 heterocycles. The number of hydrogen-bond acceptors (Lipinski definition) is 2. The fourth-order valence-electron chi connectivity index (χ4n) is 1.72. The number of carbonyl (C=O) groups excluding carboxylic acids is 1. The highest BCUT2D eigenvalue weighted by atomic mass is 35.5. The first kappa shape index (κ1) is 16.1. The molecule has 112 valence electrons. The molecule has 4 nitrogen and oxygen atoms in total. The Kier molecular flexibility index (Phi) is 5.20. The van der Waals surface area contributed by atoms with Crippen LogP contribution < -0.4 is 5.32 Å². The zero-order valence-electron chi connectivity index (χ0n) is 11.2. The maximum absolute atomic E-state index is 11.9. The van der Waals surface area contributed by atoms with E-state index in [9.17, 15) is 9.59 Å². The Bertz CT molecular complexity index is 740. The molecule has 0 atom stereocenters. The van der Waals surface area contributed by atoms with Crippen molar-refractivity contribution in [1.29, 1.82) is 0 Å². The zero-order valence-corrected chi connectivity index (χ0v) is 12.7. The Morgan fingerprint density at radius 2 is 1.64 bits per heavy atom. The summed E-state index contributed by atoms with van der Waals surface area (Å²) in [7, 11) is 0. The molecule has 0 aliphatic rings. The number of nitrogens with one attached hydrogen (secondary N) is 1. The summed E-state index contributed by atoms with van der Waals surface area (Å²) in [6, 6.07) is 11.2. The number of carbonyl (C=O) groups is 2. The molecule has 2 N–H and O–H groups in total. The molecule has 0 fully saturated rings. The molecule has 0 unspecified atom stereocenters. The van der Waals surface area contributed by atoms with E-state index in [0.29, 0.717) is 5.02 Å². The van der Waals surface area contributed by atoms with Crippen LogP contribution in [0.2, 0.25) is 10.0 Å². The normalized spacial score (nSPS) is 10.6. The van der Waals surface area contributed by atoms with E-state index in [2.05, 4.69) is 5.32 Å². The van der Waals surface area contributed by atoms with Gasteiger partial charge in [-0.1, -0.05) is 35.3 Å². The van der Waals surface area contributed by atoms with Gasteiger partial charge < -0.3 is 10.4 Å². The average molecular weight is 336 g/mol. The van der Waals surface area contributed by atoms with E-state index in [1.54, 1.807) is 30.3 Å². The molecular weight excluding hydrogens is 325 g/mol. The number of carboxylic acid groups (broad SMARTS) is 1. The molecule has 6 heteroatoms. The first-order valence-corrected chi connectivity index (χ1v) is 6.99. The smallest absolute Gasteiger partial charge is 0.337 e. The first-order valence-electron chi connectivity index (χ1n) is 6.23. The van der Waals surface area contributed by atoms with Gasteiger partial charge in [-0.05, 0) is 42.0 Å². The van der Waals surface area contributed by atoms with Crippen molar-refractivity contribution in [2.24, 2.45) is 0 Å². The predicted molar refractivity (Wildman–Crippen MR) is 87.5 cm³/mol. The Morgan fingerprint density at radius 3 is 2.27 bits per heavy atom. The lowest BCUT2D eigenvalue weighted by Crippen LogP contribution is -2.12. The van der Waals surface area contributed by atoms with Crippen molar-refractivity contribution in [1.82, 2.24) is 0 Å². The van der Waals surface area contributed by atoms with E-state index in [4.69, 9.17) is 28.3 Å². The number of amides is 1. The third-order valence-corrected chi connectivity index (χ3v) is 3.25. The van der Waals surface area contributed by atoms with Gasteiger partial charge in [-0.2, -0.15) is 0 Å². The van der Waals surface area contributed by atoms with E-state index in [1.807, 2.05) is 0 Å². The van der Waals surface area contributed by atoms with Crippen LogP contribution in [0, 0.1) is 0 Å². The number of hydrogen-bond donors (Lipinski definition) is 2. The number of rotatable bonds is 4. The summed E-state index contributed by atoms with van der Waals surface area (Å²) in [5.41, 5.74) is 0.914. The highest BCUT2D eigenvalue weighted by molar-refractivity contribution is 6.31. The number of aromatic carboxylic acids is 1. The van der Waals surface area contributed by atoms with Crippen LogP contribution in [-0.2, 0) is 4.79 Å². The van der Waals surface area contributed by atoms with Crippen molar-refractivity contribution in [3.05, 3.63) is 69.7 Å². The van der Waals surface area contributed by atoms with E-state index >= 15 is 0 Å². The summed E-state index contributed by atoms with van der Waals surface area (Å²) in [4.78, 5) is 23.0. The maximum atomic E-state index is 11.9. The highest BCUT2D eigenvalue weighted by Gasteiger charge is 2.12. The van der Waals surface area contributed by atoms with Crippen LogP contribution in [0.15, 0.2) is 48.5 Å². The zero-order chi connectivity index (χ0) is 16.1. The van der Waals surface area contributed by atoms with E-state index in [-0.39, 0.29) is 16.3 Å². The second kappa shape index (κ2) is 7.11. The standard InChI is InChI=1S/C16H11Cl2NO3/c17-11-4-1-10(2-5-11)3-8-15(20)19-14-7-6-12(18)9-13(14)16(21)22/h1-9H,(H,19,20)(H,21,22)/b8-3+. The van der Waals surface area contributed by atoms with Crippen LogP contribution in [0.5, 0.6) is 0 Å². The Hall–Kier alpha value is -2.30. The third-order valence-electron chi connectivity index (χ3n) is 2.77. The fourth-order valence-corrected chi connectivity index (χ4v) is 2.02. The fraction of sp³-hybridized carbons (Fsp3) is 0. The van der Waals surface area contributed by atoms with Gasteiger partial charge in [0.1, 0.15) is 0 Å². The summed E-state index contributed by atoms with van der Waals surface area (Å²) >= 11 is 11.5. The number of benzene rings is 2. The number of halogens is 2. The first-order chi connectivity index (χ1) is 10.5. The lowest BCUT2D eigenvalue weighted by atomic mass is 10.1. The van der Waals surface area contributed by atoms with Crippen LogP contribution >= 0.6 is 23.2 Å². The summed E-state index contributed by atoms with van der Waals surface area (Å²) in [6.45, 7) is 0. The minimum Gasteiger partial charge on any atom is -0.478 e. The second-order valence-electron chi connectivity index (χ2n) is 4.37. The summed E-state index contributed by atoms with van der Waals surface area (Å²) in [5.74, 6) is -1.61. The van der Waals surface area contributed by atoms with Crippen molar-refractivity contribution >= 4 is 46.8 Å². The third kappa shape index (κ3) is 4.35. The van der Waals surface area contributed by atoms with Crippen molar-refractivity contribution in [2.45, 2.75) is 0 Å². The van der Waals surface area contributed by atoms with Crippen LogP contribution in [-0.4, -0.2) is 17.0 Å². The Labute approximate surface area is 137 Å². The molecule has 0 bridgehead atoms. The molecule has 2 rings (SSSR count). The van der Waals surface area contributed by atoms with Gasteiger partial charge in [0.15, 0.2) is 0 Å². The second-order valence-corrected chi connectivity index (χ2v) is 5.24. The molecule has 0 radical (unpaired) electrons. The van der Waals surface area contributed by atoms with Crippen LogP contribution in [0.1, 0.15) is 15.9 Å². The number of carboxylic acids is 1. The van der Waals surface area contributed by atoms with Gasteiger partial charge in [-0.25, -0.2) is 4.79 Å². The summed E-state index contributed by atoms with van der Waals surface area (Å²) < 4.78 is 0. The monoisotopic (exact) mass is 335 g/mol. The molecule has 0 aliphatic heterocycles. The molecule has 2 aromatic carbocycles. The molecule has 0 aliphatic carbocycles. The Balaban J connectivity index is 2.12. The minimum atomic E-state index is -1.17. The molecule has 2 aromatic rings. The van der Waals surface area contributed by atoms with Crippen LogP contribution in [0.3, 0.4) is 0 Å². The quantitative estimate of drug-likeness (QED) is 0.816. The predicted octanol–water partition coefficient (Wildman–Crippen LogP) is 4.34. The minimum absolute atomic E-state index is 0.0688. The molecular formula is C16H11Cl2NO3. The maximum Gasteiger partial charge on any atom is 0.337 e. The average Bonchev–Trinajstić information content (AvgIpc) is 2.48. The van der Waals surface area contributed by atoms with Gasteiger partial charge in [-0.15, -0.1) is 0 Å². The number of anilines is 1. The van der Waals surface area contributed by atoms with Gasteiger partial charge in [0, 0.05) is 16.1 Å². The molecule has 0 saturated heterocycles. The topological polar surface area (TPSA) is 66.4 Å². The van der Waals surface area contributed by atoms with Crippen molar-refractivity contribution < 1.29 is 14.7 Å². The van der Waals surface area contributed by atoms with Crippen molar-refractivity contribution in [3.8, 4) is 0 Å². The SMILES string of the molecule is O=C(/C=C/c1ccc(Cl)cc1)Nc1ccc(Cl)cc1C(=O)O. The van der Waals surface area contributed by atoms with Crippen LogP contribution in [0.25, 0.3) is 6.08 Å². The Morgan fingerprint density at radius 1 is 1.00 bits per heavy atom. The molecule has 0 saturated carbocycles. The van der Waals surface area contributed by atoms with Gasteiger partial charge in [0.25, 0.3) is 0 Å². The molecule has 0 aromatic heterocycles. The summed E-state index contributed by atoms with van der Waals surface area (Å²) in [6.07, 6.45) is 2.91.